The van der Waals surface area contributed by atoms with E-state index in [-0.39, 0.29) is 45.4 Å². The lowest BCUT2D eigenvalue weighted by Crippen LogP contribution is -2.70. The number of hydrogen-bond donors (Lipinski definition) is 3. The molecule has 0 spiro atoms. The number of aliphatic hydroxyl groups is 2. The first-order valence-corrected chi connectivity index (χ1v) is 23.6. The van der Waals surface area contributed by atoms with Crippen LogP contribution in [0.4, 0.5) is 0 Å². The molecule has 2 aromatic carbocycles. The van der Waals surface area contributed by atoms with Crippen molar-refractivity contribution in [3.05, 3.63) is 77.5 Å². The van der Waals surface area contributed by atoms with Crippen molar-refractivity contribution in [3.8, 4) is 0 Å². The largest absolute Gasteiger partial charge is 0.499 e. The van der Waals surface area contributed by atoms with Gasteiger partial charge in [-0.2, -0.15) is 5.06 Å². The van der Waals surface area contributed by atoms with Gasteiger partial charge in [-0.15, -0.1) is 0 Å². The Hall–Kier alpha value is -4.38. The highest BCUT2D eigenvalue weighted by molar-refractivity contribution is 5.96. The van der Waals surface area contributed by atoms with Gasteiger partial charge in [-0.3, -0.25) is 24.0 Å². The number of hydrogen-bond acceptors (Lipinski definition) is 13. The number of amides is 2. The summed E-state index contributed by atoms with van der Waals surface area (Å²) in [5, 5.41) is 24.0. The smallest absolute Gasteiger partial charge is 0.327 e. The van der Waals surface area contributed by atoms with Crippen LogP contribution in [0.5, 0.6) is 0 Å². The van der Waals surface area contributed by atoms with Gasteiger partial charge in [0.15, 0.2) is 11.8 Å². The summed E-state index contributed by atoms with van der Waals surface area (Å²) >= 11 is 0. The maximum absolute atomic E-state index is 15.9. The third-order valence-corrected chi connectivity index (χ3v) is 12.9. The van der Waals surface area contributed by atoms with Crippen LogP contribution in [0, 0.1) is 5.41 Å². The van der Waals surface area contributed by atoms with Crippen molar-refractivity contribution in [1.82, 2.24) is 15.3 Å². The molecular formula is C50H71N3O12. The Morgan fingerprint density at radius 2 is 1.66 bits per heavy atom. The van der Waals surface area contributed by atoms with E-state index in [9.17, 15) is 19.5 Å². The molecule has 15 heteroatoms. The zero-order valence-corrected chi connectivity index (χ0v) is 39.1. The third-order valence-electron chi connectivity index (χ3n) is 12.9. The minimum absolute atomic E-state index is 0.0380. The number of aliphatic hydroxyl groups excluding tert-OH is 2. The van der Waals surface area contributed by atoms with E-state index in [0.717, 1.165) is 55.2 Å². The predicted molar refractivity (Wildman–Crippen MR) is 241 cm³/mol. The average molecular weight is 906 g/mol. The molecule has 8 atom stereocenters. The van der Waals surface area contributed by atoms with Crippen LogP contribution < -0.4 is 5.32 Å². The van der Waals surface area contributed by atoms with E-state index in [4.69, 9.17) is 33.6 Å². The summed E-state index contributed by atoms with van der Waals surface area (Å²) in [6, 6.07) is 13.8. The van der Waals surface area contributed by atoms with Gasteiger partial charge in [0, 0.05) is 39.2 Å². The molecule has 3 heterocycles. The molecule has 3 saturated heterocycles. The number of ether oxygens (including phenoxy) is 5. The molecule has 1 aliphatic carbocycles. The molecule has 1 saturated carbocycles. The first-order valence-electron chi connectivity index (χ1n) is 23.6. The van der Waals surface area contributed by atoms with Gasteiger partial charge >= 0.3 is 11.9 Å². The summed E-state index contributed by atoms with van der Waals surface area (Å²) < 4.78 is 31.2. The number of esters is 2. The summed E-state index contributed by atoms with van der Waals surface area (Å²) in [7, 11) is 1.57. The van der Waals surface area contributed by atoms with Crippen LogP contribution in [0.25, 0.3) is 6.08 Å². The molecule has 0 radical (unpaired) electrons. The van der Waals surface area contributed by atoms with Gasteiger partial charge in [0.2, 0.25) is 11.8 Å². The number of rotatable bonds is 24. The van der Waals surface area contributed by atoms with E-state index in [1.54, 1.807) is 39.0 Å². The molecule has 3 N–H and O–H groups in total. The fraction of sp³-hybridized carbons (Fsp3) is 0.640. The van der Waals surface area contributed by atoms with E-state index < -0.39 is 89.7 Å². The van der Waals surface area contributed by atoms with Crippen LogP contribution >= 0.6 is 0 Å². The molecule has 0 unspecified atom stereocenters. The van der Waals surface area contributed by atoms with Crippen LogP contribution in [0.2, 0.25) is 0 Å². The summed E-state index contributed by atoms with van der Waals surface area (Å²) in [6.45, 7) is 9.31. The second-order valence-electron chi connectivity index (χ2n) is 19.0. The predicted octanol–water partition coefficient (Wildman–Crippen LogP) is 5.78. The van der Waals surface area contributed by atoms with Crippen LogP contribution in [0.3, 0.4) is 0 Å². The van der Waals surface area contributed by atoms with E-state index >= 15 is 4.79 Å². The fourth-order valence-corrected chi connectivity index (χ4v) is 9.80. The Morgan fingerprint density at radius 1 is 0.969 bits per heavy atom. The van der Waals surface area contributed by atoms with Crippen LogP contribution in [0.1, 0.15) is 122 Å². The molecule has 4 aliphatic rings. The number of unbranched alkanes of at least 4 members (excludes halogenated alkanes) is 4. The topological polar surface area (TPSA) is 183 Å². The van der Waals surface area contributed by atoms with Crippen molar-refractivity contribution < 1.29 is 57.9 Å². The van der Waals surface area contributed by atoms with Crippen LogP contribution in [-0.4, -0.2) is 125 Å². The SMILES string of the molecule is CCCCCC1(CCCCC)O[C@@H]2[C@H](O1)[C@H]1ON(Cc3cccc(C=COCCO)c3)[C@H]3C(=O)O[C@@H]2C[C@@]13C(=O)N(C)[C@H](Cc1ccccc1)C(=O)N[C@H](CO)CCC(=O)OC(C)(C)C. The minimum atomic E-state index is -1.56. The fourth-order valence-electron chi connectivity index (χ4n) is 9.80. The maximum atomic E-state index is 15.9. The first-order chi connectivity index (χ1) is 31.2. The highest BCUT2D eigenvalue weighted by Gasteiger charge is 2.76. The zero-order valence-electron chi connectivity index (χ0n) is 39.1. The number of nitrogens with one attached hydrogen (secondary N) is 1. The monoisotopic (exact) mass is 906 g/mol. The van der Waals surface area contributed by atoms with Crippen molar-refractivity contribution in [1.29, 1.82) is 0 Å². The number of fused-ring (bicyclic) bond motifs is 4. The number of benzene rings is 2. The lowest BCUT2D eigenvalue weighted by Gasteiger charge is -2.50. The summed E-state index contributed by atoms with van der Waals surface area (Å²) in [4.78, 5) is 66.0. The van der Waals surface area contributed by atoms with Crippen molar-refractivity contribution in [2.75, 3.05) is 26.9 Å². The van der Waals surface area contributed by atoms with E-state index in [0.29, 0.717) is 12.8 Å². The van der Waals surface area contributed by atoms with E-state index in [1.807, 2.05) is 54.6 Å². The Labute approximate surface area is 384 Å². The van der Waals surface area contributed by atoms with Crippen molar-refractivity contribution in [2.24, 2.45) is 5.41 Å². The number of carbonyl (C=O) groups excluding carboxylic acids is 4. The Kier molecular flexibility index (Phi) is 17.3. The maximum Gasteiger partial charge on any atom is 0.327 e. The van der Waals surface area contributed by atoms with E-state index in [1.165, 1.54) is 11.2 Å². The number of carbonyl (C=O) groups is 4. The number of hydroxylamine groups is 2. The van der Waals surface area contributed by atoms with Crippen molar-refractivity contribution in [3.63, 3.8) is 0 Å². The Balaban J connectivity index is 1.36. The van der Waals surface area contributed by atoms with E-state index in [2.05, 4.69) is 19.2 Å². The minimum Gasteiger partial charge on any atom is -0.499 e. The van der Waals surface area contributed by atoms with Gasteiger partial charge in [0.25, 0.3) is 0 Å². The highest BCUT2D eigenvalue weighted by atomic mass is 16.8. The van der Waals surface area contributed by atoms with Gasteiger partial charge in [-0.25, -0.2) is 0 Å². The lowest BCUT2D eigenvalue weighted by atomic mass is 9.62. The number of nitrogens with zero attached hydrogens (tertiary/aromatic N) is 2. The molecule has 2 amide bonds. The van der Waals surface area contributed by atoms with Gasteiger partial charge in [-0.1, -0.05) is 94.1 Å². The molecule has 358 valence electrons. The average Bonchev–Trinajstić information content (AvgIpc) is 3.83. The van der Waals surface area contributed by atoms with Crippen LogP contribution in [-0.2, 0) is 60.7 Å². The molecule has 6 rings (SSSR count). The summed E-state index contributed by atoms with van der Waals surface area (Å²) in [5.41, 5.74) is 0.138. The molecule has 2 aromatic rings. The molecular weight excluding hydrogens is 835 g/mol. The normalized spacial score (nSPS) is 25.4. The van der Waals surface area contributed by atoms with Crippen molar-refractivity contribution in [2.45, 2.75) is 172 Å². The number of likely N-dealkylation sites (N-methyl/N-ethyl adjacent to an activating group) is 1. The molecule has 3 aliphatic heterocycles. The summed E-state index contributed by atoms with van der Waals surface area (Å²) in [5.74, 6) is -3.05. The molecule has 2 bridgehead atoms. The molecule has 15 nitrogen and oxygen atoms in total. The highest BCUT2D eigenvalue weighted by Crippen LogP contribution is 2.58. The standard InChI is InChI=1S/C50H71N3O12/c1-7-9-14-24-49(25-15-10-8-2)63-41-39-31-50(43(46(58)61-39)53(65-44(50)42(41)64-49)32-36-20-16-19-35(29-36)23-27-60-28-26-54)47(59)52(6)38(30-34-17-12-11-13-18-34)45(57)51-37(33-55)21-22-40(56)62-48(3,4)5/h11-13,16-20,23,27,29,37-39,41-44,54-55H,7-10,14-15,21-22,24-26,28,30-33H2,1-6H3,(H,51,57)/t37-,38+,39+,41-,42-,43-,44+,50-/m0/s1. The van der Waals surface area contributed by atoms with Gasteiger partial charge in [-0.05, 0) is 62.8 Å². The molecule has 0 aromatic heterocycles. The first kappa shape index (κ1) is 50.0. The zero-order chi connectivity index (χ0) is 46.8. The Bertz CT molecular complexity index is 1930. The van der Waals surface area contributed by atoms with Crippen LogP contribution in [0.15, 0.2) is 60.9 Å². The summed E-state index contributed by atoms with van der Waals surface area (Å²) in [6.07, 6.45) is 7.32. The second kappa shape index (κ2) is 22.4. The molecule has 4 fully saturated rings. The van der Waals surface area contributed by atoms with Gasteiger partial charge in [0.1, 0.15) is 48.1 Å². The van der Waals surface area contributed by atoms with Gasteiger partial charge < -0.3 is 44.1 Å². The quantitative estimate of drug-likeness (QED) is 0.0656. The molecule has 65 heavy (non-hydrogen) atoms. The third kappa shape index (κ3) is 12.0. The second-order valence-corrected chi connectivity index (χ2v) is 19.0. The van der Waals surface area contributed by atoms with Gasteiger partial charge in [0.05, 0.1) is 32.1 Å². The van der Waals surface area contributed by atoms with Crippen molar-refractivity contribution >= 4 is 29.8 Å². The Morgan fingerprint density at radius 3 is 2.32 bits per heavy atom. The lowest BCUT2D eigenvalue weighted by molar-refractivity contribution is -0.225.